The molecule has 12 atom stereocenters. The first-order valence-corrected chi connectivity index (χ1v) is 25.4. The van der Waals surface area contributed by atoms with Crippen molar-refractivity contribution < 1.29 is 4.74 Å². The van der Waals surface area contributed by atoms with E-state index >= 15 is 0 Å². The number of ether oxygens (including phenoxy) is 1. The molecular formula is C59H66N2O. The van der Waals surface area contributed by atoms with E-state index in [1.165, 1.54) is 93.5 Å². The molecule has 1 spiro atoms. The predicted molar refractivity (Wildman–Crippen MR) is 253 cm³/mol. The number of benzene rings is 1. The van der Waals surface area contributed by atoms with Crippen LogP contribution in [0.4, 0.5) is 5.69 Å². The second-order valence-electron chi connectivity index (χ2n) is 21.0. The van der Waals surface area contributed by atoms with Crippen LogP contribution in [0, 0.1) is 58.7 Å². The van der Waals surface area contributed by atoms with Gasteiger partial charge in [-0.05, 0) is 180 Å². The first kappa shape index (κ1) is 38.0. The summed E-state index contributed by atoms with van der Waals surface area (Å²) in [6.45, 7) is 0. The van der Waals surface area contributed by atoms with E-state index in [4.69, 9.17) is 4.74 Å². The van der Waals surface area contributed by atoms with Crippen molar-refractivity contribution in [1.82, 2.24) is 4.90 Å². The maximum Gasteiger partial charge on any atom is 0.119 e. The van der Waals surface area contributed by atoms with E-state index in [2.05, 4.69) is 137 Å². The molecule has 3 heteroatoms. The second-order valence-corrected chi connectivity index (χ2v) is 21.0. The van der Waals surface area contributed by atoms with Gasteiger partial charge in [-0.2, -0.15) is 0 Å². The third-order valence-corrected chi connectivity index (χ3v) is 18.3. The highest BCUT2D eigenvalue weighted by molar-refractivity contribution is 5.61. The average Bonchev–Trinajstić information content (AvgIpc) is 3.97. The Morgan fingerprint density at radius 1 is 0.613 bits per heavy atom. The molecule has 0 bridgehead atoms. The van der Waals surface area contributed by atoms with Crippen LogP contribution >= 0.6 is 0 Å². The number of hydrogen-bond acceptors (Lipinski definition) is 3. The van der Waals surface area contributed by atoms with Crippen LogP contribution in [0.15, 0.2) is 173 Å². The third-order valence-electron chi connectivity index (χ3n) is 18.3. The summed E-state index contributed by atoms with van der Waals surface area (Å²) in [5, 5.41) is 0. The molecule has 0 amide bonds. The van der Waals surface area contributed by atoms with Crippen LogP contribution in [0.25, 0.3) is 0 Å². The van der Waals surface area contributed by atoms with E-state index in [-0.39, 0.29) is 11.5 Å². The maximum absolute atomic E-state index is 7.12. The predicted octanol–water partition coefficient (Wildman–Crippen LogP) is 14.3. The number of nitrogens with zero attached hydrogens (tertiary/aromatic N) is 2. The average molecular weight is 819 g/mol. The van der Waals surface area contributed by atoms with Crippen molar-refractivity contribution in [3.63, 3.8) is 0 Å². The largest absolute Gasteiger partial charge is 0.492 e. The van der Waals surface area contributed by atoms with E-state index in [0.29, 0.717) is 59.4 Å². The monoisotopic (exact) mass is 819 g/mol. The fourth-order valence-electron chi connectivity index (χ4n) is 16.2. The van der Waals surface area contributed by atoms with Gasteiger partial charge < -0.3 is 14.5 Å². The summed E-state index contributed by atoms with van der Waals surface area (Å²) < 4.78 is 7.12. The highest BCUT2D eigenvalue weighted by atomic mass is 16.5. The molecule has 3 nitrogen and oxygen atoms in total. The second kappa shape index (κ2) is 15.3. The molecule has 1 saturated carbocycles. The summed E-state index contributed by atoms with van der Waals surface area (Å²) in [7, 11) is 0. The molecular weight excluding hydrogens is 753 g/mol. The molecule has 1 fully saturated rings. The number of hydrogen-bond donors (Lipinski definition) is 0. The first-order valence-electron chi connectivity index (χ1n) is 25.4. The van der Waals surface area contributed by atoms with Gasteiger partial charge in [-0.25, -0.2) is 0 Å². The summed E-state index contributed by atoms with van der Waals surface area (Å²) in [6, 6.07) is 11.7. The number of allylic oxidation sites excluding steroid dienone is 18. The van der Waals surface area contributed by atoms with Gasteiger partial charge in [-0.15, -0.1) is 0 Å². The molecule has 0 aromatic heterocycles. The molecule has 1 aromatic rings. The van der Waals surface area contributed by atoms with Crippen LogP contribution in [0.5, 0.6) is 0 Å². The van der Waals surface area contributed by atoms with Crippen molar-refractivity contribution in [1.29, 1.82) is 0 Å². The fraction of sp³-hybridized carbons (Fsp3) is 0.492. The van der Waals surface area contributed by atoms with Gasteiger partial charge in [0, 0.05) is 51.6 Å². The van der Waals surface area contributed by atoms with E-state index in [0.717, 1.165) is 38.5 Å². The van der Waals surface area contributed by atoms with Gasteiger partial charge in [0.05, 0.1) is 6.04 Å². The summed E-state index contributed by atoms with van der Waals surface area (Å²) >= 11 is 0. The van der Waals surface area contributed by atoms with Crippen LogP contribution in [0.3, 0.4) is 0 Å². The quantitative estimate of drug-likeness (QED) is 0.266. The molecule has 0 radical (unpaired) electrons. The molecule has 1 aromatic carbocycles. The Kier molecular flexibility index (Phi) is 9.40. The normalized spacial score (nSPS) is 39.4. The van der Waals surface area contributed by atoms with Crippen molar-refractivity contribution in [2.45, 2.75) is 121 Å². The van der Waals surface area contributed by atoms with Gasteiger partial charge in [0.15, 0.2) is 0 Å². The number of anilines is 1. The van der Waals surface area contributed by atoms with Gasteiger partial charge >= 0.3 is 0 Å². The summed E-state index contributed by atoms with van der Waals surface area (Å²) in [4.78, 5) is 5.63. The lowest BCUT2D eigenvalue weighted by atomic mass is 9.56. The highest BCUT2D eigenvalue weighted by Gasteiger charge is 2.68. The number of para-hydroxylation sites is 1. The molecule has 1 heterocycles. The van der Waals surface area contributed by atoms with Crippen LogP contribution in [-0.4, -0.2) is 17.0 Å². The van der Waals surface area contributed by atoms with Gasteiger partial charge in [0.1, 0.15) is 11.9 Å². The zero-order chi connectivity index (χ0) is 40.8. The number of rotatable bonds is 6. The molecule has 12 aliphatic rings. The molecule has 11 aliphatic carbocycles. The van der Waals surface area contributed by atoms with Crippen LogP contribution in [-0.2, 0) is 4.74 Å². The van der Waals surface area contributed by atoms with Crippen LogP contribution in [0.1, 0.15) is 109 Å². The molecule has 12 unspecified atom stereocenters. The maximum atomic E-state index is 7.12. The third kappa shape index (κ3) is 5.67. The van der Waals surface area contributed by atoms with Gasteiger partial charge in [0.2, 0.25) is 0 Å². The lowest BCUT2D eigenvalue weighted by molar-refractivity contribution is 0.0819. The van der Waals surface area contributed by atoms with Gasteiger partial charge in [-0.1, -0.05) is 109 Å². The Hall–Kier alpha value is -4.50. The molecule has 13 rings (SSSR count). The van der Waals surface area contributed by atoms with Gasteiger partial charge in [0.25, 0.3) is 0 Å². The van der Waals surface area contributed by atoms with Crippen molar-refractivity contribution in [2.24, 2.45) is 58.7 Å². The first-order chi connectivity index (χ1) is 30.8. The van der Waals surface area contributed by atoms with E-state index in [1.807, 2.05) is 5.57 Å². The summed E-state index contributed by atoms with van der Waals surface area (Å²) in [5.41, 5.74) is 12.7. The molecule has 62 heavy (non-hydrogen) atoms. The summed E-state index contributed by atoms with van der Waals surface area (Å²) in [6.07, 6.45) is 62.4. The Bertz CT molecular complexity index is 2370. The SMILES string of the molecule is C1=CC(N(C2=CCCC3=C2C2C=CCCC2C32C3C=C(N(c4ccccc4)C4CCCC5=C4OC4CCC=CC54)C=CC3C3C=CCCC32)C2=CCCC3C=CCCC23)=CCC1. The van der Waals surface area contributed by atoms with Crippen LogP contribution < -0.4 is 4.90 Å². The topological polar surface area (TPSA) is 15.7 Å². The Morgan fingerprint density at radius 2 is 1.45 bits per heavy atom. The molecule has 0 N–H and O–H groups in total. The van der Waals surface area contributed by atoms with Crippen molar-refractivity contribution >= 4 is 5.69 Å². The minimum absolute atomic E-state index is 0.142. The lowest BCUT2D eigenvalue weighted by Crippen LogP contribution is -2.43. The van der Waals surface area contributed by atoms with Crippen LogP contribution in [0.2, 0.25) is 0 Å². The van der Waals surface area contributed by atoms with E-state index in [9.17, 15) is 0 Å². The highest BCUT2D eigenvalue weighted by Crippen LogP contribution is 2.74. The number of fused-ring (bicyclic) bond motifs is 12. The molecule has 0 saturated heterocycles. The summed E-state index contributed by atoms with van der Waals surface area (Å²) in [5.74, 6) is 6.38. The van der Waals surface area contributed by atoms with Gasteiger partial charge in [-0.3, -0.25) is 0 Å². The zero-order valence-electron chi connectivity index (χ0n) is 36.8. The molecule has 318 valence electrons. The van der Waals surface area contributed by atoms with Crippen molar-refractivity contribution in [3.8, 4) is 0 Å². The van der Waals surface area contributed by atoms with Crippen molar-refractivity contribution in [3.05, 3.63) is 173 Å². The Labute approximate surface area is 371 Å². The lowest BCUT2D eigenvalue weighted by Gasteiger charge is -2.48. The fourth-order valence-corrected chi connectivity index (χ4v) is 16.2. The minimum atomic E-state index is 0.142. The minimum Gasteiger partial charge on any atom is -0.492 e. The van der Waals surface area contributed by atoms with E-state index < -0.39 is 0 Å². The van der Waals surface area contributed by atoms with E-state index in [1.54, 1.807) is 22.5 Å². The smallest absolute Gasteiger partial charge is 0.119 e. The standard InChI is InChI=1S/C59H66N2O/c1-3-20-40(21-4-1)60(55-34-16-28-47-46-26-11-14-35-56(46)62-58(47)55)42-36-37-45-44-25-9-12-29-49(44)59(52(45)38-42)50-30-13-10-27-48(50)57-51(59)31-17-33-54(57)61(41-22-5-2-6-23-41)53-32-15-19-39-18-7-8-24-43(39)53/h1,3-5,7,9-11,18,20-23,25-27,32-33,36-39,43-46,48-50,52,55-56H,2,6,8,12-17,19,24,28-31,34-35H2. The Morgan fingerprint density at radius 3 is 2.35 bits per heavy atom. The van der Waals surface area contributed by atoms with Crippen molar-refractivity contribution in [2.75, 3.05) is 4.90 Å². The molecule has 1 aliphatic heterocycles. The Balaban J connectivity index is 0.976. The zero-order valence-corrected chi connectivity index (χ0v) is 36.8.